The smallest absolute Gasteiger partial charge is 0.205 e. The summed E-state index contributed by atoms with van der Waals surface area (Å²) in [6.45, 7) is 2.47. The average Bonchev–Trinajstić information content (AvgIpc) is 2.85. The summed E-state index contributed by atoms with van der Waals surface area (Å²) in [5.41, 5.74) is 9.22. The minimum absolute atomic E-state index is 0.475. The van der Waals surface area contributed by atoms with Gasteiger partial charge in [0, 0.05) is 5.38 Å². The molecule has 112 valence electrons. The maximum atomic E-state index is 5.55. The summed E-state index contributed by atoms with van der Waals surface area (Å²) in [6, 6.07) is 3.75. The molecule has 1 aromatic heterocycles. The molecule has 0 amide bonds. The van der Waals surface area contributed by atoms with Gasteiger partial charge in [-0.1, -0.05) is 0 Å². The Labute approximate surface area is 135 Å². The molecule has 0 bridgehead atoms. The molecular weight excluding hydrogens is 356 g/mol. The minimum Gasteiger partial charge on any atom is -0.492 e. The van der Waals surface area contributed by atoms with Crippen molar-refractivity contribution in [2.75, 3.05) is 24.9 Å². The molecule has 0 fully saturated rings. The fourth-order valence-electron chi connectivity index (χ4n) is 1.62. The number of halogens is 1. The van der Waals surface area contributed by atoms with E-state index in [4.69, 9.17) is 15.2 Å². The van der Waals surface area contributed by atoms with Crippen molar-refractivity contribution in [3.8, 4) is 11.5 Å². The number of hydrogen-bond donors (Lipinski definition) is 2. The van der Waals surface area contributed by atoms with Crippen molar-refractivity contribution < 1.29 is 9.47 Å². The van der Waals surface area contributed by atoms with Crippen molar-refractivity contribution in [3.63, 3.8) is 0 Å². The van der Waals surface area contributed by atoms with Crippen molar-refractivity contribution in [1.29, 1.82) is 0 Å². The number of rotatable bonds is 6. The second-order valence-corrected chi connectivity index (χ2v) is 5.63. The average molecular weight is 371 g/mol. The van der Waals surface area contributed by atoms with Crippen LogP contribution in [0.15, 0.2) is 27.1 Å². The molecule has 21 heavy (non-hydrogen) atoms. The Hall–Kier alpha value is -1.80. The fraction of sp³-hybridized carbons (Fsp3) is 0.231. The number of anilines is 2. The second kappa shape index (κ2) is 7.28. The number of nitrogens with zero attached hydrogens (tertiary/aromatic N) is 2. The first-order valence-electron chi connectivity index (χ1n) is 6.14. The third-order valence-electron chi connectivity index (χ3n) is 2.43. The third-order valence-corrected chi connectivity index (χ3v) is 3.79. The van der Waals surface area contributed by atoms with E-state index >= 15 is 0 Å². The molecule has 0 spiro atoms. The van der Waals surface area contributed by atoms with E-state index in [1.165, 1.54) is 11.3 Å². The number of hydrogen-bond acceptors (Lipinski definition) is 7. The molecule has 0 aliphatic rings. The number of methoxy groups -OCH3 is 1. The summed E-state index contributed by atoms with van der Waals surface area (Å²) in [4.78, 5) is 4.05. The molecule has 0 unspecified atom stereocenters. The van der Waals surface area contributed by atoms with Gasteiger partial charge in [0.25, 0.3) is 0 Å². The number of hydrazone groups is 1. The summed E-state index contributed by atoms with van der Waals surface area (Å²) in [5, 5.41) is 6.51. The zero-order valence-electron chi connectivity index (χ0n) is 11.6. The van der Waals surface area contributed by atoms with Gasteiger partial charge < -0.3 is 15.2 Å². The van der Waals surface area contributed by atoms with Crippen molar-refractivity contribution >= 4 is 44.4 Å². The fourth-order valence-corrected chi connectivity index (χ4v) is 2.79. The number of thiazole rings is 1. The maximum absolute atomic E-state index is 5.55. The molecule has 1 aromatic carbocycles. The van der Waals surface area contributed by atoms with E-state index in [1.807, 2.05) is 19.1 Å². The molecule has 0 aliphatic heterocycles. The Morgan fingerprint density at radius 2 is 2.33 bits per heavy atom. The van der Waals surface area contributed by atoms with Gasteiger partial charge in [-0.2, -0.15) is 5.10 Å². The summed E-state index contributed by atoms with van der Waals surface area (Å²) in [6.07, 6.45) is 1.67. The number of nitrogens with one attached hydrogen (secondary N) is 1. The zero-order chi connectivity index (χ0) is 15.2. The SMILES string of the molecule is CCOc1cc(C=NNc2nc(N)cs2)cc(Br)c1OC. The highest BCUT2D eigenvalue weighted by molar-refractivity contribution is 9.10. The van der Waals surface area contributed by atoms with Crippen LogP contribution in [0, 0.1) is 0 Å². The standard InChI is InChI=1S/C13H15BrN4O2S/c1-3-20-10-5-8(4-9(14)12(10)19-2)6-16-18-13-17-11(15)7-21-13/h4-7H,3,15H2,1-2H3,(H,17,18). The van der Waals surface area contributed by atoms with Gasteiger partial charge in [0.1, 0.15) is 5.82 Å². The van der Waals surface area contributed by atoms with Crippen LogP contribution in [-0.2, 0) is 0 Å². The Morgan fingerprint density at radius 3 is 2.95 bits per heavy atom. The zero-order valence-corrected chi connectivity index (χ0v) is 14.0. The Kier molecular flexibility index (Phi) is 5.40. The van der Waals surface area contributed by atoms with Crippen molar-refractivity contribution in [1.82, 2.24) is 4.98 Å². The van der Waals surface area contributed by atoms with Gasteiger partial charge in [0.15, 0.2) is 11.5 Å². The van der Waals surface area contributed by atoms with E-state index in [9.17, 15) is 0 Å². The predicted molar refractivity (Wildman–Crippen MR) is 89.6 cm³/mol. The highest BCUT2D eigenvalue weighted by atomic mass is 79.9. The van der Waals surface area contributed by atoms with Gasteiger partial charge in [0.05, 0.1) is 24.4 Å². The molecule has 0 atom stereocenters. The quantitative estimate of drug-likeness (QED) is 0.601. The van der Waals surface area contributed by atoms with Crippen LogP contribution < -0.4 is 20.6 Å². The summed E-state index contributed by atoms with van der Waals surface area (Å²) in [5.74, 6) is 1.80. The van der Waals surface area contributed by atoms with Crippen molar-refractivity contribution in [2.45, 2.75) is 6.92 Å². The highest BCUT2D eigenvalue weighted by Gasteiger charge is 2.10. The van der Waals surface area contributed by atoms with Crippen LogP contribution in [0.2, 0.25) is 0 Å². The van der Waals surface area contributed by atoms with Gasteiger partial charge in [0.2, 0.25) is 5.13 Å². The molecular formula is C13H15BrN4O2S. The van der Waals surface area contributed by atoms with E-state index < -0.39 is 0 Å². The van der Waals surface area contributed by atoms with Crippen LogP contribution in [0.4, 0.5) is 10.9 Å². The van der Waals surface area contributed by atoms with E-state index in [1.54, 1.807) is 18.7 Å². The van der Waals surface area contributed by atoms with Gasteiger partial charge >= 0.3 is 0 Å². The monoisotopic (exact) mass is 370 g/mol. The topological polar surface area (TPSA) is 81.8 Å². The number of benzene rings is 1. The molecule has 0 aliphatic carbocycles. The van der Waals surface area contributed by atoms with Crippen LogP contribution >= 0.6 is 27.3 Å². The van der Waals surface area contributed by atoms with Crippen LogP contribution in [-0.4, -0.2) is 24.9 Å². The lowest BCUT2D eigenvalue weighted by Crippen LogP contribution is -1.98. The van der Waals surface area contributed by atoms with Gasteiger partial charge in [-0.05, 0) is 40.5 Å². The molecule has 0 saturated heterocycles. The van der Waals surface area contributed by atoms with Crippen LogP contribution in [0.1, 0.15) is 12.5 Å². The van der Waals surface area contributed by atoms with Crippen LogP contribution in [0.25, 0.3) is 0 Å². The highest BCUT2D eigenvalue weighted by Crippen LogP contribution is 2.36. The lowest BCUT2D eigenvalue weighted by Gasteiger charge is -2.11. The van der Waals surface area contributed by atoms with Crippen molar-refractivity contribution in [2.24, 2.45) is 5.10 Å². The largest absolute Gasteiger partial charge is 0.492 e. The van der Waals surface area contributed by atoms with Gasteiger partial charge in [-0.3, -0.25) is 5.43 Å². The van der Waals surface area contributed by atoms with Crippen LogP contribution in [0.5, 0.6) is 11.5 Å². The molecule has 2 aromatic rings. The summed E-state index contributed by atoms with van der Waals surface area (Å²) >= 11 is 4.84. The lowest BCUT2D eigenvalue weighted by molar-refractivity contribution is 0.310. The summed E-state index contributed by atoms with van der Waals surface area (Å²) < 4.78 is 11.7. The van der Waals surface area contributed by atoms with Gasteiger partial charge in [-0.25, -0.2) is 4.98 Å². The van der Waals surface area contributed by atoms with Crippen molar-refractivity contribution in [3.05, 3.63) is 27.5 Å². The van der Waals surface area contributed by atoms with E-state index in [0.717, 1.165) is 10.0 Å². The van der Waals surface area contributed by atoms with E-state index in [0.29, 0.717) is 29.1 Å². The first-order chi connectivity index (χ1) is 10.1. The molecule has 1 heterocycles. The number of nitrogen functional groups attached to an aromatic ring is 1. The van der Waals surface area contributed by atoms with Crippen LogP contribution in [0.3, 0.4) is 0 Å². The predicted octanol–water partition coefficient (Wildman–Crippen LogP) is 3.34. The van der Waals surface area contributed by atoms with E-state index in [2.05, 4.69) is 31.4 Å². The number of ether oxygens (including phenoxy) is 2. The maximum Gasteiger partial charge on any atom is 0.205 e. The first kappa shape index (κ1) is 15.6. The molecule has 0 radical (unpaired) electrons. The minimum atomic E-state index is 0.475. The molecule has 2 rings (SSSR count). The van der Waals surface area contributed by atoms with E-state index in [-0.39, 0.29) is 0 Å². The third kappa shape index (κ3) is 4.08. The van der Waals surface area contributed by atoms with Gasteiger partial charge in [-0.15, -0.1) is 11.3 Å². The Morgan fingerprint density at radius 1 is 1.52 bits per heavy atom. The lowest BCUT2D eigenvalue weighted by atomic mass is 10.2. The molecule has 6 nitrogen and oxygen atoms in total. The molecule has 8 heteroatoms. The Balaban J connectivity index is 2.15. The first-order valence-corrected chi connectivity index (χ1v) is 7.81. The number of aromatic nitrogens is 1. The summed E-state index contributed by atoms with van der Waals surface area (Å²) in [7, 11) is 1.60. The molecule has 3 N–H and O–H groups in total. The normalized spacial score (nSPS) is 10.8. The Bertz CT molecular complexity index is 645. The molecule has 0 saturated carbocycles. The number of nitrogens with two attached hydrogens (primary N) is 1. The second-order valence-electron chi connectivity index (χ2n) is 3.91.